The Labute approximate surface area is 121 Å². The Morgan fingerprint density at radius 2 is 2.00 bits per heavy atom. The molecule has 5 heteroatoms. The number of pyridine rings is 1. The van der Waals surface area contributed by atoms with Crippen molar-refractivity contribution < 1.29 is 5.11 Å². The molecule has 0 bridgehead atoms. The summed E-state index contributed by atoms with van der Waals surface area (Å²) in [7, 11) is 0. The minimum Gasteiger partial charge on any atom is -0.390 e. The summed E-state index contributed by atoms with van der Waals surface area (Å²) in [4.78, 5) is 4.50. The second-order valence-corrected chi connectivity index (χ2v) is 5.09. The summed E-state index contributed by atoms with van der Waals surface area (Å²) in [5, 5.41) is 16.5. The van der Waals surface area contributed by atoms with Crippen LogP contribution in [0.2, 0.25) is 5.02 Å². The molecule has 1 aromatic carbocycles. The van der Waals surface area contributed by atoms with Gasteiger partial charge in [-0.2, -0.15) is 5.10 Å². The lowest BCUT2D eigenvalue weighted by molar-refractivity contribution is 0.277. The number of rotatable bonds is 2. The molecule has 102 valence electrons. The number of hydrogen-bond donors (Lipinski definition) is 1. The molecule has 0 unspecified atom stereocenters. The summed E-state index contributed by atoms with van der Waals surface area (Å²) >= 11 is 6.21. The van der Waals surface area contributed by atoms with Crippen LogP contribution in [-0.2, 0) is 6.61 Å². The van der Waals surface area contributed by atoms with Crippen LogP contribution in [0.25, 0.3) is 16.6 Å². The lowest BCUT2D eigenvalue weighted by Gasteiger charge is -2.09. The first-order valence-corrected chi connectivity index (χ1v) is 6.71. The number of aromatic nitrogens is 3. The van der Waals surface area contributed by atoms with Crippen molar-refractivity contribution in [3.05, 3.63) is 52.4 Å². The second-order valence-electron chi connectivity index (χ2n) is 4.71. The van der Waals surface area contributed by atoms with E-state index in [2.05, 4.69) is 10.1 Å². The molecule has 2 heterocycles. The zero-order chi connectivity index (χ0) is 14.3. The third-order valence-corrected chi connectivity index (χ3v) is 3.89. The van der Waals surface area contributed by atoms with Crippen molar-refractivity contribution in [2.75, 3.05) is 0 Å². The summed E-state index contributed by atoms with van der Waals surface area (Å²) in [5.41, 5.74) is 2.23. The van der Waals surface area contributed by atoms with E-state index < -0.39 is 0 Å². The van der Waals surface area contributed by atoms with Gasteiger partial charge in [-0.25, -0.2) is 9.67 Å². The number of benzene rings is 1. The van der Waals surface area contributed by atoms with Crippen LogP contribution in [0.1, 0.15) is 17.1 Å². The fourth-order valence-electron chi connectivity index (χ4n) is 2.31. The summed E-state index contributed by atoms with van der Waals surface area (Å²) in [6.45, 7) is 3.67. The molecular weight excluding hydrogens is 274 g/mol. The van der Waals surface area contributed by atoms with Gasteiger partial charge in [-0.3, -0.25) is 0 Å². The molecule has 0 amide bonds. The van der Waals surface area contributed by atoms with E-state index in [4.69, 9.17) is 11.6 Å². The van der Waals surface area contributed by atoms with E-state index in [1.54, 1.807) is 4.68 Å². The van der Waals surface area contributed by atoms with E-state index in [1.807, 2.05) is 44.2 Å². The number of aryl methyl sites for hydroxylation is 1. The number of fused-ring (bicyclic) bond motifs is 1. The highest BCUT2D eigenvalue weighted by Gasteiger charge is 2.14. The van der Waals surface area contributed by atoms with E-state index in [-0.39, 0.29) is 6.61 Å². The first-order valence-electron chi connectivity index (χ1n) is 6.33. The van der Waals surface area contributed by atoms with Gasteiger partial charge in [-0.15, -0.1) is 0 Å². The number of aliphatic hydroxyl groups excluding tert-OH is 1. The summed E-state index contributed by atoms with van der Waals surface area (Å²) < 4.78 is 1.74. The number of halogens is 1. The molecule has 0 atom stereocenters. The molecule has 3 rings (SSSR count). The highest BCUT2D eigenvalue weighted by atomic mass is 35.5. The predicted octanol–water partition coefficient (Wildman–Crippen LogP) is 3.18. The molecule has 0 aliphatic carbocycles. The Bertz CT molecular complexity index is 795. The number of nitrogens with zero attached hydrogens (tertiary/aromatic N) is 3. The van der Waals surface area contributed by atoms with Crippen molar-refractivity contribution in [3.8, 4) is 5.82 Å². The molecule has 20 heavy (non-hydrogen) atoms. The largest absolute Gasteiger partial charge is 0.390 e. The van der Waals surface area contributed by atoms with Crippen LogP contribution >= 0.6 is 11.6 Å². The molecule has 1 N–H and O–H groups in total. The molecule has 4 nitrogen and oxygen atoms in total. The third kappa shape index (κ3) is 1.97. The molecule has 0 radical (unpaired) electrons. The summed E-state index contributed by atoms with van der Waals surface area (Å²) in [6, 6.07) is 9.78. The van der Waals surface area contributed by atoms with Crippen molar-refractivity contribution in [2.24, 2.45) is 0 Å². The van der Waals surface area contributed by atoms with Gasteiger partial charge in [0.25, 0.3) is 0 Å². The van der Waals surface area contributed by atoms with Crippen LogP contribution in [0.3, 0.4) is 0 Å². The zero-order valence-electron chi connectivity index (χ0n) is 11.3. The van der Waals surface area contributed by atoms with E-state index in [0.717, 1.165) is 22.2 Å². The van der Waals surface area contributed by atoms with Gasteiger partial charge in [0.05, 0.1) is 28.7 Å². The zero-order valence-corrected chi connectivity index (χ0v) is 12.0. The van der Waals surface area contributed by atoms with Gasteiger partial charge in [0.1, 0.15) is 0 Å². The molecule has 0 fully saturated rings. The monoisotopic (exact) mass is 287 g/mol. The average molecular weight is 288 g/mol. The first kappa shape index (κ1) is 13.1. The van der Waals surface area contributed by atoms with Gasteiger partial charge in [0.15, 0.2) is 5.82 Å². The SMILES string of the molecule is Cc1nn(-c2nc(CO)cc3ccccc23)c(C)c1Cl. The maximum absolute atomic E-state index is 9.38. The summed E-state index contributed by atoms with van der Waals surface area (Å²) in [5.74, 6) is 0.694. The second kappa shape index (κ2) is 4.89. The maximum atomic E-state index is 9.38. The van der Waals surface area contributed by atoms with Crippen LogP contribution in [-0.4, -0.2) is 19.9 Å². The lowest BCUT2D eigenvalue weighted by Crippen LogP contribution is -2.05. The van der Waals surface area contributed by atoms with Crippen molar-refractivity contribution in [3.63, 3.8) is 0 Å². The summed E-state index contributed by atoms with van der Waals surface area (Å²) in [6.07, 6.45) is 0. The van der Waals surface area contributed by atoms with Gasteiger partial charge < -0.3 is 5.11 Å². The minimum absolute atomic E-state index is 0.106. The smallest absolute Gasteiger partial charge is 0.161 e. The number of aliphatic hydroxyl groups is 1. The highest BCUT2D eigenvalue weighted by molar-refractivity contribution is 6.31. The average Bonchev–Trinajstić information content (AvgIpc) is 2.73. The molecule has 0 aliphatic heterocycles. The lowest BCUT2D eigenvalue weighted by atomic mass is 10.1. The fourth-order valence-corrected chi connectivity index (χ4v) is 2.42. The standard InChI is InChI=1S/C15H14ClN3O/c1-9-14(16)10(2)19(18-9)15-13-6-4-3-5-11(13)7-12(8-20)17-15/h3-7,20H,8H2,1-2H3. The fraction of sp³-hybridized carbons (Fsp3) is 0.200. The van der Waals surface area contributed by atoms with Gasteiger partial charge in [-0.1, -0.05) is 35.9 Å². The Kier molecular flexibility index (Phi) is 3.20. The quantitative estimate of drug-likeness (QED) is 0.787. The molecule has 0 spiro atoms. The Morgan fingerprint density at radius 3 is 2.65 bits per heavy atom. The van der Waals surface area contributed by atoms with Crippen LogP contribution in [0.5, 0.6) is 0 Å². The Hall–Kier alpha value is -1.91. The van der Waals surface area contributed by atoms with Crippen molar-refractivity contribution in [2.45, 2.75) is 20.5 Å². The Morgan fingerprint density at radius 1 is 1.25 bits per heavy atom. The van der Waals surface area contributed by atoms with E-state index >= 15 is 0 Å². The third-order valence-electron chi connectivity index (χ3n) is 3.34. The molecule has 0 saturated carbocycles. The van der Waals surface area contributed by atoms with Crippen molar-refractivity contribution in [1.29, 1.82) is 0 Å². The van der Waals surface area contributed by atoms with Crippen LogP contribution < -0.4 is 0 Å². The van der Waals surface area contributed by atoms with Crippen LogP contribution in [0.4, 0.5) is 0 Å². The van der Waals surface area contributed by atoms with Crippen molar-refractivity contribution >= 4 is 22.4 Å². The number of hydrogen-bond acceptors (Lipinski definition) is 3. The van der Waals surface area contributed by atoms with Crippen LogP contribution in [0.15, 0.2) is 30.3 Å². The van der Waals surface area contributed by atoms with E-state index in [1.165, 1.54) is 0 Å². The molecular formula is C15H14ClN3O. The maximum Gasteiger partial charge on any atom is 0.161 e. The molecule has 0 aliphatic rings. The molecule has 0 saturated heterocycles. The van der Waals surface area contributed by atoms with Gasteiger partial charge in [-0.05, 0) is 25.3 Å². The Balaban J connectivity index is 2.37. The first-order chi connectivity index (χ1) is 9.61. The van der Waals surface area contributed by atoms with Crippen molar-refractivity contribution in [1.82, 2.24) is 14.8 Å². The normalized spacial score (nSPS) is 11.2. The van der Waals surface area contributed by atoms with E-state index in [0.29, 0.717) is 16.5 Å². The van der Waals surface area contributed by atoms with Crippen LogP contribution in [0, 0.1) is 13.8 Å². The molecule has 2 aromatic heterocycles. The van der Waals surface area contributed by atoms with Gasteiger partial charge in [0, 0.05) is 5.39 Å². The van der Waals surface area contributed by atoms with Gasteiger partial charge in [0.2, 0.25) is 0 Å². The topological polar surface area (TPSA) is 50.9 Å². The van der Waals surface area contributed by atoms with E-state index in [9.17, 15) is 5.11 Å². The molecule has 3 aromatic rings. The minimum atomic E-state index is -0.106. The highest BCUT2D eigenvalue weighted by Crippen LogP contribution is 2.26. The predicted molar refractivity (Wildman–Crippen MR) is 79.3 cm³/mol. The van der Waals surface area contributed by atoms with Gasteiger partial charge >= 0.3 is 0 Å².